The predicted octanol–water partition coefficient (Wildman–Crippen LogP) is 1.14. The second kappa shape index (κ2) is 6.10. The number of nitrogens with zero attached hydrogens (tertiary/aromatic N) is 8. The highest BCUT2D eigenvalue weighted by atomic mass is 79.9. The molecule has 9 nitrogen and oxygen atoms in total. The maximum Gasteiger partial charge on any atom is 0.223 e. The van der Waals surface area contributed by atoms with Gasteiger partial charge in [-0.25, -0.2) is 14.6 Å². The summed E-state index contributed by atoms with van der Waals surface area (Å²) in [6.45, 7) is 6.10. The number of aromatic nitrogens is 6. The molecule has 0 spiro atoms. The number of fused-ring (bicyclic) bond motifs is 1. The minimum absolute atomic E-state index is 0.605. The van der Waals surface area contributed by atoms with Gasteiger partial charge in [0.25, 0.3) is 0 Å². The molecule has 126 valence electrons. The average molecular weight is 393 g/mol. The number of anilines is 1. The first-order valence-electron chi connectivity index (χ1n) is 7.71. The lowest BCUT2D eigenvalue weighted by molar-refractivity contribution is 0.239. The van der Waals surface area contributed by atoms with Gasteiger partial charge in [-0.15, -0.1) is 0 Å². The monoisotopic (exact) mass is 392 g/mol. The Morgan fingerprint density at radius 2 is 2.00 bits per heavy atom. The lowest BCUT2D eigenvalue weighted by Crippen LogP contribution is -2.46. The molecule has 1 aliphatic heterocycles. The Hall–Kier alpha value is -2.07. The van der Waals surface area contributed by atoms with Gasteiger partial charge in [0.2, 0.25) is 5.89 Å². The molecular weight excluding hydrogens is 376 g/mol. The number of aryl methyl sites for hydroxylation is 2. The van der Waals surface area contributed by atoms with E-state index < -0.39 is 0 Å². The summed E-state index contributed by atoms with van der Waals surface area (Å²) < 4.78 is 7.57. The number of hydrogen-bond donors (Lipinski definition) is 0. The van der Waals surface area contributed by atoms with Crippen LogP contribution >= 0.6 is 15.9 Å². The molecule has 0 aliphatic carbocycles. The van der Waals surface area contributed by atoms with Crippen molar-refractivity contribution >= 4 is 32.8 Å². The first-order chi connectivity index (χ1) is 11.6. The van der Waals surface area contributed by atoms with Gasteiger partial charge in [0.15, 0.2) is 11.5 Å². The standard InChI is InChI=1S/C14H17BrN8O/c1-9-18-10(20-24-9)7-22-3-5-23(6-4-22)14-11-12(15)19-21(2)13(11)16-8-17-14/h8H,3-7H2,1-2H3. The topological polar surface area (TPSA) is 89.0 Å². The molecule has 0 atom stereocenters. The van der Waals surface area contributed by atoms with E-state index >= 15 is 0 Å². The highest BCUT2D eigenvalue weighted by molar-refractivity contribution is 9.10. The smallest absolute Gasteiger partial charge is 0.223 e. The SMILES string of the molecule is Cc1nc(CN2CCN(c3ncnc4c3c(Br)nn4C)CC2)no1. The van der Waals surface area contributed by atoms with Crippen molar-refractivity contribution in [2.45, 2.75) is 13.5 Å². The molecular formula is C14H17BrN8O. The molecule has 0 saturated carbocycles. The lowest BCUT2D eigenvalue weighted by atomic mass is 10.2. The normalized spacial score (nSPS) is 16.2. The quantitative estimate of drug-likeness (QED) is 0.655. The molecule has 4 rings (SSSR count). The van der Waals surface area contributed by atoms with E-state index in [-0.39, 0.29) is 0 Å². The van der Waals surface area contributed by atoms with Crippen LogP contribution < -0.4 is 4.90 Å². The number of rotatable bonds is 3. The summed E-state index contributed by atoms with van der Waals surface area (Å²) in [5.41, 5.74) is 0.830. The molecule has 0 aromatic carbocycles. The van der Waals surface area contributed by atoms with Crippen molar-refractivity contribution in [2.24, 2.45) is 7.05 Å². The third kappa shape index (κ3) is 2.75. The van der Waals surface area contributed by atoms with Gasteiger partial charge in [-0.05, 0) is 15.9 Å². The van der Waals surface area contributed by atoms with Crippen LogP contribution in [0.1, 0.15) is 11.7 Å². The van der Waals surface area contributed by atoms with Crippen LogP contribution in [0.25, 0.3) is 11.0 Å². The molecule has 0 bridgehead atoms. The van der Waals surface area contributed by atoms with Crippen molar-refractivity contribution in [1.29, 1.82) is 0 Å². The Morgan fingerprint density at radius 3 is 2.71 bits per heavy atom. The summed E-state index contributed by atoms with van der Waals surface area (Å²) in [4.78, 5) is 17.7. The molecule has 0 N–H and O–H groups in total. The largest absolute Gasteiger partial charge is 0.353 e. The van der Waals surface area contributed by atoms with Gasteiger partial charge in [-0.3, -0.25) is 4.90 Å². The second-order valence-electron chi connectivity index (χ2n) is 5.80. The van der Waals surface area contributed by atoms with E-state index in [2.05, 4.69) is 50.9 Å². The zero-order valence-corrected chi connectivity index (χ0v) is 15.1. The van der Waals surface area contributed by atoms with Crippen molar-refractivity contribution < 1.29 is 4.52 Å². The van der Waals surface area contributed by atoms with Crippen molar-refractivity contribution in [2.75, 3.05) is 31.1 Å². The van der Waals surface area contributed by atoms with Gasteiger partial charge < -0.3 is 9.42 Å². The van der Waals surface area contributed by atoms with Crippen molar-refractivity contribution in [3.8, 4) is 0 Å². The first-order valence-corrected chi connectivity index (χ1v) is 8.51. The third-order valence-corrected chi connectivity index (χ3v) is 4.72. The summed E-state index contributed by atoms with van der Waals surface area (Å²) in [6, 6.07) is 0. The van der Waals surface area contributed by atoms with Crippen molar-refractivity contribution in [3.05, 3.63) is 22.6 Å². The lowest BCUT2D eigenvalue weighted by Gasteiger charge is -2.34. The highest BCUT2D eigenvalue weighted by Gasteiger charge is 2.23. The maximum absolute atomic E-state index is 5.03. The van der Waals surface area contributed by atoms with Gasteiger partial charge in [0, 0.05) is 40.2 Å². The highest BCUT2D eigenvalue weighted by Crippen LogP contribution is 2.29. The Morgan fingerprint density at radius 1 is 1.21 bits per heavy atom. The predicted molar refractivity (Wildman–Crippen MR) is 90.5 cm³/mol. The molecule has 1 aliphatic rings. The van der Waals surface area contributed by atoms with Crippen LogP contribution in [0.2, 0.25) is 0 Å². The summed E-state index contributed by atoms with van der Waals surface area (Å²) in [7, 11) is 1.88. The van der Waals surface area contributed by atoms with Crippen LogP contribution in [0.4, 0.5) is 5.82 Å². The van der Waals surface area contributed by atoms with Gasteiger partial charge in [0.1, 0.15) is 16.7 Å². The Labute approximate surface area is 146 Å². The molecule has 24 heavy (non-hydrogen) atoms. The van der Waals surface area contributed by atoms with E-state index in [9.17, 15) is 0 Å². The molecule has 10 heteroatoms. The van der Waals surface area contributed by atoms with Crippen LogP contribution in [0.5, 0.6) is 0 Å². The molecule has 1 saturated heterocycles. The fourth-order valence-electron chi connectivity index (χ4n) is 2.99. The number of piperazine rings is 1. The molecule has 3 aromatic rings. The van der Waals surface area contributed by atoms with E-state index in [1.807, 2.05) is 7.05 Å². The third-order valence-electron chi connectivity index (χ3n) is 4.16. The zero-order valence-electron chi connectivity index (χ0n) is 13.5. The van der Waals surface area contributed by atoms with E-state index in [4.69, 9.17) is 4.52 Å². The van der Waals surface area contributed by atoms with Crippen LogP contribution in [0.3, 0.4) is 0 Å². The Balaban J connectivity index is 1.50. The van der Waals surface area contributed by atoms with E-state index in [1.165, 1.54) is 0 Å². The molecule has 4 heterocycles. The Kier molecular flexibility index (Phi) is 3.93. The first kappa shape index (κ1) is 15.5. The number of hydrogen-bond acceptors (Lipinski definition) is 8. The van der Waals surface area contributed by atoms with Crippen molar-refractivity contribution in [1.82, 2.24) is 34.8 Å². The fourth-order valence-corrected chi connectivity index (χ4v) is 3.58. The van der Waals surface area contributed by atoms with Gasteiger partial charge in [-0.1, -0.05) is 5.16 Å². The average Bonchev–Trinajstić information content (AvgIpc) is 3.12. The minimum Gasteiger partial charge on any atom is -0.353 e. The molecule has 0 radical (unpaired) electrons. The van der Waals surface area contributed by atoms with Crippen LogP contribution in [-0.2, 0) is 13.6 Å². The fraction of sp³-hybridized carbons (Fsp3) is 0.500. The van der Waals surface area contributed by atoms with Gasteiger partial charge in [0.05, 0.1) is 11.9 Å². The number of halogens is 1. The van der Waals surface area contributed by atoms with E-state index in [1.54, 1.807) is 17.9 Å². The van der Waals surface area contributed by atoms with Crippen LogP contribution in [-0.4, -0.2) is 61.0 Å². The summed E-state index contributed by atoms with van der Waals surface area (Å²) in [6.07, 6.45) is 1.60. The minimum atomic E-state index is 0.605. The maximum atomic E-state index is 5.03. The summed E-state index contributed by atoms with van der Waals surface area (Å²) >= 11 is 3.52. The Bertz CT molecular complexity index is 867. The second-order valence-corrected chi connectivity index (χ2v) is 6.55. The van der Waals surface area contributed by atoms with E-state index in [0.29, 0.717) is 12.4 Å². The summed E-state index contributed by atoms with van der Waals surface area (Å²) in [5.74, 6) is 2.27. The molecule has 3 aromatic heterocycles. The van der Waals surface area contributed by atoms with Gasteiger partial charge >= 0.3 is 0 Å². The van der Waals surface area contributed by atoms with Crippen LogP contribution in [0, 0.1) is 6.92 Å². The van der Waals surface area contributed by atoms with E-state index in [0.717, 1.165) is 53.5 Å². The van der Waals surface area contributed by atoms with Gasteiger partial charge in [-0.2, -0.15) is 10.1 Å². The molecule has 1 fully saturated rings. The van der Waals surface area contributed by atoms with Crippen molar-refractivity contribution in [3.63, 3.8) is 0 Å². The summed E-state index contributed by atoms with van der Waals surface area (Å²) in [5, 5.41) is 9.31. The van der Waals surface area contributed by atoms with Crippen LogP contribution in [0.15, 0.2) is 15.5 Å². The zero-order chi connectivity index (χ0) is 16.7. The molecule has 0 amide bonds. The molecule has 0 unspecified atom stereocenters.